The van der Waals surface area contributed by atoms with Gasteiger partial charge in [-0.05, 0) is 25.5 Å². The highest BCUT2D eigenvalue weighted by atomic mass is 19.1. The lowest BCUT2D eigenvalue weighted by Crippen LogP contribution is -2.25. The molecule has 0 saturated carbocycles. The molecule has 0 amide bonds. The number of rotatable bonds is 8. The van der Waals surface area contributed by atoms with Gasteiger partial charge in [-0.25, -0.2) is 4.39 Å². The van der Waals surface area contributed by atoms with Gasteiger partial charge in [-0.2, -0.15) is 0 Å². The Labute approximate surface area is 112 Å². The van der Waals surface area contributed by atoms with Crippen LogP contribution >= 0.6 is 0 Å². The van der Waals surface area contributed by atoms with Crippen LogP contribution in [0.15, 0.2) is 24.3 Å². The molecule has 1 atom stereocenters. The fourth-order valence-electron chi connectivity index (χ4n) is 1.68. The van der Waals surface area contributed by atoms with Gasteiger partial charge >= 0.3 is 0 Å². The molecule has 0 saturated heterocycles. The predicted molar refractivity (Wildman–Crippen MR) is 71.4 cm³/mol. The van der Waals surface area contributed by atoms with Gasteiger partial charge in [0.25, 0.3) is 0 Å². The molecule has 104 valence electrons. The second kappa shape index (κ2) is 7.67. The maximum Gasteiger partial charge on any atom is 0.220 e. The molecule has 1 aromatic carbocycles. The third kappa shape index (κ3) is 4.47. The van der Waals surface area contributed by atoms with Crippen LogP contribution in [0.1, 0.15) is 43.5 Å². The number of hydrogen-bond acceptors (Lipinski definition) is 3. The van der Waals surface area contributed by atoms with Gasteiger partial charge in [0.15, 0.2) is 5.78 Å². The van der Waals surface area contributed by atoms with E-state index in [1.165, 1.54) is 12.1 Å². The minimum Gasteiger partial charge on any atom is -0.494 e. The maximum atomic E-state index is 13.8. The third-order valence-corrected chi connectivity index (χ3v) is 2.72. The predicted octanol–water partition coefficient (Wildman–Crippen LogP) is 3.37. The Morgan fingerprint density at radius 2 is 2.05 bits per heavy atom. The van der Waals surface area contributed by atoms with Crippen molar-refractivity contribution in [2.75, 3.05) is 6.61 Å². The summed E-state index contributed by atoms with van der Waals surface area (Å²) in [5.41, 5.74) is 0.170. The zero-order chi connectivity index (χ0) is 14.3. The van der Waals surface area contributed by atoms with Crippen molar-refractivity contribution in [3.63, 3.8) is 0 Å². The molecule has 0 aromatic heterocycles. The van der Waals surface area contributed by atoms with Crippen molar-refractivity contribution < 1.29 is 18.7 Å². The van der Waals surface area contributed by atoms with Crippen LogP contribution in [0.4, 0.5) is 4.39 Å². The van der Waals surface area contributed by atoms with Gasteiger partial charge in [0.05, 0.1) is 6.61 Å². The topological polar surface area (TPSA) is 43.4 Å². The van der Waals surface area contributed by atoms with Crippen LogP contribution in [0.5, 0.6) is 5.75 Å². The average Bonchev–Trinajstić information content (AvgIpc) is 2.43. The SMILES string of the molecule is CCCCC(=O)C(F)C(=O)c1cccc(OCC)c1. The smallest absolute Gasteiger partial charge is 0.220 e. The molecule has 0 spiro atoms. The summed E-state index contributed by atoms with van der Waals surface area (Å²) >= 11 is 0. The van der Waals surface area contributed by atoms with Gasteiger partial charge < -0.3 is 4.74 Å². The fraction of sp³-hybridized carbons (Fsp3) is 0.467. The van der Waals surface area contributed by atoms with Gasteiger partial charge in [0, 0.05) is 12.0 Å². The molecular formula is C15H19FO3. The van der Waals surface area contributed by atoms with Gasteiger partial charge in [-0.1, -0.05) is 25.5 Å². The van der Waals surface area contributed by atoms with Crippen LogP contribution in [0.3, 0.4) is 0 Å². The van der Waals surface area contributed by atoms with E-state index in [0.29, 0.717) is 18.8 Å². The summed E-state index contributed by atoms with van der Waals surface area (Å²) in [6.45, 7) is 4.20. The van der Waals surface area contributed by atoms with E-state index in [1.54, 1.807) is 12.1 Å². The molecule has 4 heteroatoms. The van der Waals surface area contributed by atoms with Crippen LogP contribution in [0, 0.1) is 0 Å². The molecule has 1 aromatic rings. The van der Waals surface area contributed by atoms with E-state index in [2.05, 4.69) is 0 Å². The minimum atomic E-state index is -2.07. The van der Waals surface area contributed by atoms with Crippen LogP contribution in [-0.4, -0.2) is 24.3 Å². The summed E-state index contributed by atoms with van der Waals surface area (Å²) in [5, 5.41) is 0. The number of hydrogen-bond donors (Lipinski definition) is 0. The molecule has 0 radical (unpaired) electrons. The van der Waals surface area contributed by atoms with E-state index in [0.717, 1.165) is 6.42 Å². The summed E-state index contributed by atoms with van der Waals surface area (Å²) in [6.07, 6.45) is -0.560. The first-order chi connectivity index (χ1) is 9.10. The molecule has 0 fully saturated rings. The molecule has 0 heterocycles. The van der Waals surface area contributed by atoms with Crippen molar-refractivity contribution in [3.8, 4) is 5.75 Å². The lowest BCUT2D eigenvalue weighted by Gasteiger charge is -2.08. The number of ketones is 2. The molecule has 1 rings (SSSR count). The second-order valence-electron chi connectivity index (χ2n) is 4.26. The Morgan fingerprint density at radius 1 is 1.32 bits per heavy atom. The quantitative estimate of drug-likeness (QED) is 0.535. The molecule has 0 aliphatic carbocycles. The number of benzene rings is 1. The summed E-state index contributed by atoms with van der Waals surface area (Å²) in [4.78, 5) is 23.4. The summed E-state index contributed by atoms with van der Waals surface area (Å²) in [5.74, 6) is -0.933. The molecule has 0 aliphatic heterocycles. The molecule has 0 bridgehead atoms. The van der Waals surface area contributed by atoms with Crippen molar-refractivity contribution in [3.05, 3.63) is 29.8 Å². The molecule has 3 nitrogen and oxygen atoms in total. The Bertz CT molecular complexity index is 443. The van der Waals surface area contributed by atoms with E-state index in [9.17, 15) is 14.0 Å². The van der Waals surface area contributed by atoms with Crippen molar-refractivity contribution >= 4 is 11.6 Å². The Hall–Kier alpha value is -1.71. The first-order valence-corrected chi connectivity index (χ1v) is 6.54. The number of carbonyl (C=O) groups is 2. The Balaban J connectivity index is 2.75. The van der Waals surface area contributed by atoms with Gasteiger partial charge in [-0.3, -0.25) is 9.59 Å². The largest absolute Gasteiger partial charge is 0.494 e. The summed E-state index contributed by atoms with van der Waals surface area (Å²) < 4.78 is 19.0. The highest BCUT2D eigenvalue weighted by Gasteiger charge is 2.26. The molecule has 0 aliphatic rings. The molecular weight excluding hydrogens is 247 g/mol. The van der Waals surface area contributed by atoms with E-state index in [4.69, 9.17) is 4.74 Å². The minimum absolute atomic E-state index is 0.106. The highest BCUT2D eigenvalue weighted by Crippen LogP contribution is 2.17. The monoisotopic (exact) mass is 266 g/mol. The molecule has 19 heavy (non-hydrogen) atoms. The van der Waals surface area contributed by atoms with Gasteiger partial charge in [0.2, 0.25) is 12.0 Å². The third-order valence-electron chi connectivity index (χ3n) is 2.72. The number of ether oxygens (including phenoxy) is 1. The highest BCUT2D eigenvalue weighted by molar-refractivity contribution is 6.13. The first-order valence-electron chi connectivity index (χ1n) is 6.54. The van der Waals surface area contributed by atoms with Gasteiger partial charge in [-0.15, -0.1) is 0 Å². The van der Waals surface area contributed by atoms with Crippen molar-refractivity contribution in [1.82, 2.24) is 0 Å². The van der Waals surface area contributed by atoms with Crippen LogP contribution in [-0.2, 0) is 4.79 Å². The normalized spacial score (nSPS) is 11.9. The van der Waals surface area contributed by atoms with Crippen LogP contribution < -0.4 is 4.74 Å². The zero-order valence-electron chi connectivity index (χ0n) is 11.3. The Morgan fingerprint density at radius 3 is 2.68 bits per heavy atom. The average molecular weight is 266 g/mol. The first kappa shape index (κ1) is 15.3. The Kier molecular flexibility index (Phi) is 6.19. The molecule has 0 N–H and O–H groups in total. The number of carbonyl (C=O) groups excluding carboxylic acids is 2. The molecule has 1 unspecified atom stereocenters. The lowest BCUT2D eigenvalue weighted by atomic mass is 10.0. The van der Waals surface area contributed by atoms with E-state index >= 15 is 0 Å². The van der Waals surface area contributed by atoms with Crippen molar-refractivity contribution in [2.45, 2.75) is 39.3 Å². The standard InChI is InChI=1S/C15H19FO3/c1-3-5-9-13(17)14(16)15(18)11-7-6-8-12(10-11)19-4-2/h6-8,10,14H,3-5,9H2,1-2H3. The number of Topliss-reactive ketones (excluding diaryl/α,β-unsaturated/α-hetero) is 2. The van der Waals surface area contributed by atoms with Crippen molar-refractivity contribution in [1.29, 1.82) is 0 Å². The number of halogens is 1. The van der Waals surface area contributed by atoms with E-state index in [-0.39, 0.29) is 12.0 Å². The fourth-order valence-corrected chi connectivity index (χ4v) is 1.68. The van der Waals surface area contributed by atoms with E-state index < -0.39 is 17.7 Å². The summed E-state index contributed by atoms with van der Waals surface area (Å²) in [7, 11) is 0. The summed E-state index contributed by atoms with van der Waals surface area (Å²) in [6, 6.07) is 6.25. The zero-order valence-corrected chi connectivity index (χ0v) is 11.3. The second-order valence-corrected chi connectivity index (χ2v) is 4.26. The maximum absolute atomic E-state index is 13.8. The van der Waals surface area contributed by atoms with Crippen LogP contribution in [0.2, 0.25) is 0 Å². The lowest BCUT2D eigenvalue weighted by molar-refractivity contribution is -0.122. The number of unbranched alkanes of at least 4 members (excludes halogenated alkanes) is 1. The van der Waals surface area contributed by atoms with E-state index in [1.807, 2.05) is 13.8 Å². The van der Waals surface area contributed by atoms with Gasteiger partial charge in [0.1, 0.15) is 5.75 Å². The number of alkyl halides is 1. The van der Waals surface area contributed by atoms with Crippen molar-refractivity contribution in [2.24, 2.45) is 0 Å². The van der Waals surface area contributed by atoms with Crippen LogP contribution in [0.25, 0.3) is 0 Å².